The predicted molar refractivity (Wildman–Crippen MR) is 52.4 cm³/mol. The molecule has 0 atom stereocenters. The summed E-state index contributed by atoms with van der Waals surface area (Å²) in [5, 5.41) is 0. The van der Waals surface area contributed by atoms with Crippen LogP contribution < -0.4 is 15.2 Å². The Balaban J connectivity index is 2.93. The highest BCUT2D eigenvalue weighted by molar-refractivity contribution is 5.40. The second-order valence-electron chi connectivity index (χ2n) is 2.89. The van der Waals surface area contributed by atoms with Gasteiger partial charge in [-0.2, -0.15) is 8.78 Å². The van der Waals surface area contributed by atoms with Gasteiger partial charge in [0.15, 0.2) is 0 Å². The van der Waals surface area contributed by atoms with E-state index in [0.29, 0.717) is 24.3 Å². The van der Waals surface area contributed by atoms with Crippen LogP contribution in [0.1, 0.15) is 5.56 Å². The number of ether oxygens (including phenoxy) is 2. The lowest BCUT2D eigenvalue weighted by Crippen LogP contribution is -2.08. The Hall–Kier alpha value is -1.36. The Morgan fingerprint density at radius 2 is 2.13 bits per heavy atom. The van der Waals surface area contributed by atoms with Crippen LogP contribution in [0.15, 0.2) is 18.2 Å². The fourth-order valence-electron chi connectivity index (χ4n) is 1.23. The molecule has 0 saturated heterocycles. The molecule has 15 heavy (non-hydrogen) atoms. The van der Waals surface area contributed by atoms with E-state index in [0.717, 1.165) is 0 Å². The van der Waals surface area contributed by atoms with E-state index in [1.807, 2.05) is 0 Å². The van der Waals surface area contributed by atoms with Crippen molar-refractivity contribution in [2.75, 3.05) is 13.7 Å². The summed E-state index contributed by atoms with van der Waals surface area (Å²) in [6.45, 7) is -2.46. The van der Waals surface area contributed by atoms with Gasteiger partial charge in [-0.1, -0.05) is 6.07 Å². The lowest BCUT2D eigenvalue weighted by molar-refractivity contribution is -0.0505. The van der Waals surface area contributed by atoms with Gasteiger partial charge in [0.25, 0.3) is 0 Å². The molecule has 0 aliphatic heterocycles. The number of halogens is 2. The first kappa shape index (κ1) is 11.7. The van der Waals surface area contributed by atoms with Crippen LogP contribution >= 0.6 is 0 Å². The van der Waals surface area contributed by atoms with Gasteiger partial charge in [0.05, 0.1) is 7.11 Å². The topological polar surface area (TPSA) is 44.5 Å². The van der Waals surface area contributed by atoms with Crippen molar-refractivity contribution < 1.29 is 18.3 Å². The molecule has 0 spiro atoms. The van der Waals surface area contributed by atoms with E-state index >= 15 is 0 Å². The number of hydrogen-bond acceptors (Lipinski definition) is 3. The minimum Gasteiger partial charge on any atom is -0.497 e. The molecule has 1 aromatic rings. The van der Waals surface area contributed by atoms with E-state index in [1.54, 1.807) is 12.1 Å². The summed E-state index contributed by atoms with van der Waals surface area (Å²) in [4.78, 5) is 0. The molecule has 1 aromatic carbocycles. The zero-order valence-electron chi connectivity index (χ0n) is 8.37. The third-order valence-electron chi connectivity index (χ3n) is 1.90. The average Bonchev–Trinajstić information content (AvgIpc) is 2.20. The molecule has 2 N–H and O–H groups in total. The van der Waals surface area contributed by atoms with Crippen molar-refractivity contribution in [2.24, 2.45) is 5.73 Å². The minimum atomic E-state index is -2.84. The standard InChI is InChI=1S/C10H13F2NO2/c1-14-8-3-2-7(4-5-13)9(6-8)15-10(11)12/h2-3,6,10H,4-5,13H2,1H3. The molecule has 0 bridgehead atoms. The van der Waals surface area contributed by atoms with Crippen LogP contribution in [0.5, 0.6) is 11.5 Å². The maximum atomic E-state index is 12.1. The molecule has 0 aliphatic rings. The van der Waals surface area contributed by atoms with Gasteiger partial charge in [-0.25, -0.2) is 0 Å². The molecule has 5 heteroatoms. The molecular weight excluding hydrogens is 204 g/mol. The molecule has 1 rings (SSSR count). The summed E-state index contributed by atoms with van der Waals surface area (Å²) in [6, 6.07) is 4.78. The van der Waals surface area contributed by atoms with Gasteiger partial charge in [0.1, 0.15) is 11.5 Å². The van der Waals surface area contributed by atoms with Crippen LogP contribution in [-0.4, -0.2) is 20.3 Å². The Morgan fingerprint density at radius 1 is 1.40 bits per heavy atom. The first-order valence-corrected chi connectivity index (χ1v) is 4.49. The van der Waals surface area contributed by atoms with Crippen LogP contribution in [0.25, 0.3) is 0 Å². The quantitative estimate of drug-likeness (QED) is 0.817. The summed E-state index contributed by atoms with van der Waals surface area (Å²) in [6.07, 6.45) is 0.492. The number of methoxy groups -OCH3 is 1. The maximum Gasteiger partial charge on any atom is 0.387 e. The van der Waals surface area contributed by atoms with Crippen molar-refractivity contribution >= 4 is 0 Å². The molecule has 0 fully saturated rings. The maximum absolute atomic E-state index is 12.1. The number of alkyl halides is 2. The highest BCUT2D eigenvalue weighted by Gasteiger charge is 2.10. The Morgan fingerprint density at radius 3 is 2.67 bits per heavy atom. The molecule has 0 heterocycles. The average molecular weight is 217 g/mol. The van der Waals surface area contributed by atoms with Gasteiger partial charge < -0.3 is 15.2 Å². The third kappa shape index (κ3) is 3.36. The lowest BCUT2D eigenvalue weighted by Gasteiger charge is -2.11. The fourth-order valence-corrected chi connectivity index (χ4v) is 1.23. The molecule has 0 aliphatic carbocycles. The van der Waals surface area contributed by atoms with Crippen LogP contribution in [0.3, 0.4) is 0 Å². The lowest BCUT2D eigenvalue weighted by atomic mass is 10.1. The van der Waals surface area contributed by atoms with Gasteiger partial charge >= 0.3 is 6.61 Å². The van der Waals surface area contributed by atoms with Gasteiger partial charge in [-0.15, -0.1) is 0 Å². The molecule has 0 amide bonds. The normalized spacial score (nSPS) is 10.5. The zero-order chi connectivity index (χ0) is 11.3. The second-order valence-corrected chi connectivity index (χ2v) is 2.89. The number of benzene rings is 1. The molecule has 84 valence electrons. The first-order valence-electron chi connectivity index (χ1n) is 4.49. The number of hydrogen-bond donors (Lipinski definition) is 1. The van der Waals surface area contributed by atoms with E-state index in [-0.39, 0.29) is 5.75 Å². The molecule has 0 unspecified atom stereocenters. The minimum absolute atomic E-state index is 0.120. The van der Waals surface area contributed by atoms with Crippen LogP contribution in [-0.2, 0) is 6.42 Å². The molecule has 0 aromatic heterocycles. The SMILES string of the molecule is COc1ccc(CCN)c(OC(F)F)c1. The van der Waals surface area contributed by atoms with E-state index in [4.69, 9.17) is 10.5 Å². The predicted octanol–water partition coefficient (Wildman–Crippen LogP) is 1.80. The molecule has 0 radical (unpaired) electrons. The van der Waals surface area contributed by atoms with Gasteiger partial charge in [0, 0.05) is 6.07 Å². The van der Waals surface area contributed by atoms with Crippen molar-refractivity contribution in [1.29, 1.82) is 0 Å². The van der Waals surface area contributed by atoms with Gasteiger partial charge in [-0.3, -0.25) is 0 Å². The summed E-state index contributed by atoms with van der Waals surface area (Å²) in [7, 11) is 1.46. The van der Waals surface area contributed by atoms with Crippen molar-refractivity contribution in [1.82, 2.24) is 0 Å². The molecule has 0 saturated carbocycles. The summed E-state index contributed by atoms with van der Waals surface area (Å²) < 4.78 is 33.4. The Labute approximate surface area is 86.8 Å². The third-order valence-corrected chi connectivity index (χ3v) is 1.90. The molecular formula is C10H13F2NO2. The summed E-state index contributed by atoms with van der Waals surface area (Å²) in [5.41, 5.74) is 6.01. The van der Waals surface area contributed by atoms with Crippen molar-refractivity contribution in [3.8, 4) is 11.5 Å². The van der Waals surface area contributed by atoms with Crippen molar-refractivity contribution in [3.05, 3.63) is 23.8 Å². The van der Waals surface area contributed by atoms with Crippen molar-refractivity contribution in [2.45, 2.75) is 13.0 Å². The smallest absolute Gasteiger partial charge is 0.387 e. The highest BCUT2D eigenvalue weighted by atomic mass is 19.3. The van der Waals surface area contributed by atoms with E-state index in [1.165, 1.54) is 13.2 Å². The van der Waals surface area contributed by atoms with Gasteiger partial charge in [0.2, 0.25) is 0 Å². The van der Waals surface area contributed by atoms with Crippen molar-refractivity contribution in [3.63, 3.8) is 0 Å². The van der Waals surface area contributed by atoms with E-state index in [9.17, 15) is 8.78 Å². The fraction of sp³-hybridized carbons (Fsp3) is 0.400. The second kappa shape index (κ2) is 5.50. The van der Waals surface area contributed by atoms with Crippen LogP contribution in [0.2, 0.25) is 0 Å². The van der Waals surface area contributed by atoms with Crippen LogP contribution in [0.4, 0.5) is 8.78 Å². The Kier molecular flexibility index (Phi) is 4.30. The van der Waals surface area contributed by atoms with Crippen LogP contribution in [0, 0.1) is 0 Å². The highest BCUT2D eigenvalue weighted by Crippen LogP contribution is 2.26. The first-order chi connectivity index (χ1) is 7.17. The summed E-state index contributed by atoms with van der Waals surface area (Å²) in [5.74, 6) is 0.598. The number of nitrogens with two attached hydrogens (primary N) is 1. The monoisotopic (exact) mass is 217 g/mol. The zero-order valence-corrected chi connectivity index (χ0v) is 8.37. The largest absolute Gasteiger partial charge is 0.497 e. The molecule has 3 nitrogen and oxygen atoms in total. The van der Waals surface area contributed by atoms with E-state index < -0.39 is 6.61 Å². The Bertz CT molecular complexity index is 318. The summed E-state index contributed by atoms with van der Waals surface area (Å²) >= 11 is 0. The number of rotatable bonds is 5. The van der Waals surface area contributed by atoms with Gasteiger partial charge in [-0.05, 0) is 24.6 Å². The van der Waals surface area contributed by atoms with E-state index in [2.05, 4.69) is 4.74 Å².